The first-order chi connectivity index (χ1) is 7.36. The molecule has 0 radical (unpaired) electrons. The number of thiazole rings is 1. The second-order valence-electron chi connectivity index (χ2n) is 3.31. The lowest BCUT2D eigenvalue weighted by molar-refractivity contribution is 0.556. The van der Waals surface area contributed by atoms with Crippen molar-refractivity contribution in [2.75, 3.05) is 6.54 Å². The van der Waals surface area contributed by atoms with Gasteiger partial charge < -0.3 is 5.32 Å². The van der Waals surface area contributed by atoms with Crippen LogP contribution in [0.15, 0.2) is 24.0 Å². The highest BCUT2D eigenvalue weighted by molar-refractivity contribution is 7.09. The molecule has 0 spiro atoms. The molecule has 15 heavy (non-hydrogen) atoms. The van der Waals surface area contributed by atoms with Crippen LogP contribution in [0.4, 0.5) is 0 Å². The summed E-state index contributed by atoms with van der Waals surface area (Å²) in [6, 6.07) is 1.94. The van der Waals surface area contributed by atoms with Gasteiger partial charge in [-0.05, 0) is 13.0 Å². The molecule has 2 aromatic heterocycles. The third-order valence-electron chi connectivity index (χ3n) is 2.21. The van der Waals surface area contributed by atoms with Crippen molar-refractivity contribution in [3.63, 3.8) is 0 Å². The van der Waals surface area contributed by atoms with Gasteiger partial charge in [0, 0.05) is 30.4 Å². The standard InChI is InChI=1S/C10H14N4S/c1-9-10(15-8-12-9)7-11-4-6-14-5-2-3-13-14/h2-3,5,8,11H,4,6-7H2,1H3. The first kappa shape index (κ1) is 10.3. The fourth-order valence-electron chi connectivity index (χ4n) is 1.32. The minimum atomic E-state index is 0.901. The van der Waals surface area contributed by atoms with Gasteiger partial charge in [0.2, 0.25) is 0 Å². The Morgan fingerprint density at radius 3 is 3.13 bits per heavy atom. The van der Waals surface area contributed by atoms with Gasteiger partial charge in [-0.15, -0.1) is 11.3 Å². The summed E-state index contributed by atoms with van der Waals surface area (Å²) in [5, 5.41) is 7.51. The summed E-state index contributed by atoms with van der Waals surface area (Å²) < 4.78 is 1.92. The van der Waals surface area contributed by atoms with Crippen molar-refractivity contribution in [2.45, 2.75) is 20.0 Å². The molecule has 0 saturated heterocycles. The lowest BCUT2D eigenvalue weighted by Crippen LogP contribution is -2.19. The summed E-state index contributed by atoms with van der Waals surface area (Å²) in [6.45, 7) is 4.78. The van der Waals surface area contributed by atoms with Crippen molar-refractivity contribution in [2.24, 2.45) is 0 Å². The summed E-state index contributed by atoms with van der Waals surface area (Å²) in [5.41, 5.74) is 3.02. The molecular formula is C10H14N4S. The highest BCUT2D eigenvalue weighted by Crippen LogP contribution is 2.10. The maximum absolute atomic E-state index is 4.21. The number of aryl methyl sites for hydroxylation is 1. The first-order valence-electron chi connectivity index (χ1n) is 4.93. The van der Waals surface area contributed by atoms with Gasteiger partial charge in [-0.3, -0.25) is 4.68 Å². The summed E-state index contributed by atoms with van der Waals surface area (Å²) >= 11 is 1.70. The highest BCUT2D eigenvalue weighted by Gasteiger charge is 1.99. The van der Waals surface area contributed by atoms with Crippen LogP contribution in [0.2, 0.25) is 0 Å². The van der Waals surface area contributed by atoms with Gasteiger partial charge in [0.25, 0.3) is 0 Å². The quantitative estimate of drug-likeness (QED) is 0.778. The van der Waals surface area contributed by atoms with E-state index < -0.39 is 0 Å². The molecule has 0 saturated carbocycles. The molecular weight excluding hydrogens is 208 g/mol. The summed E-state index contributed by atoms with van der Waals surface area (Å²) in [5.74, 6) is 0. The maximum Gasteiger partial charge on any atom is 0.0798 e. The number of nitrogens with zero attached hydrogens (tertiary/aromatic N) is 3. The van der Waals surface area contributed by atoms with Crippen LogP contribution in [0.1, 0.15) is 10.6 Å². The Morgan fingerprint density at radius 2 is 2.47 bits per heavy atom. The van der Waals surface area contributed by atoms with Crippen LogP contribution < -0.4 is 5.32 Å². The Balaban J connectivity index is 1.70. The second kappa shape index (κ2) is 5.04. The molecule has 1 N–H and O–H groups in total. The zero-order chi connectivity index (χ0) is 10.5. The molecule has 0 unspecified atom stereocenters. The predicted molar refractivity (Wildman–Crippen MR) is 60.8 cm³/mol. The molecule has 0 aliphatic rings. The van der Waals surface area contributed by atoms with Crippen molar-refractivity contribution in [3.8, 4) is 0 Å². The monoisotopic (exact) mass is 222 g/mol. The first-order valence-corrected chi connectivity index (χ1v) is 5.81. The van der Waals surface area contributed by atoms with Crippen LogP contribution in [0, 0.1) is 6.92 Å². The van der Waals surface area contributed by atoms with Crippen LogP contribution in [-0.2, 0) is 13.1 Å². The van der Waals surface area contributed by atoms with Gasteiger partial charge in [0.15, 0.2) is 0 Å². The number of nitrogens with one attached hydrogen (secondary N) is 1. The van der Waals surface area contributed by atoms with E-state index in [2.05, 4.69) is 15.4 Å². The van der Waals surface area contributed by atoms with Gasteiger partial charge in [0.1, 0.15) is 0 Å². The minimum Gasteiger partial charge on any atom is -0.310 e. The van der Waals surface area contributed by atoms with Crippen molar-refractivity contribution in [1.29, 1.82) is 0 Å². The van der Waals surface area contributed by atoms with Crippen molar-refractivity contribution >= 4 is 11.3 Å². The minimum absolute atomic E-state index is 0.901. The highest BCUT2D eigenvalue weighted by atomic mass is 32.1. The SMILES string of the molecule is Cc1ncsc1CNCCn1cccn1. The molecule has 80 valence electrons. The molecule has 4 nitrogen and oxygen atoms in total. The van der Waals surface area contributed by atoms with Crippen molar-refractivity contribution < 1.29 is 0 Å². The third-order valence-corrected chi connectivity index (χ3v) is 3.14. The molecule has 0 aromatic carbocycles. The Bertz CT molecular complexity index is 393. The average molecular weight is 222 g/mol. The summed E-state index contributed by atoms with van der Waals surface area (Å²) in [7, 11) is 0. The molecule has 0 aliphatic carbocycles. The zero-order valence-corrected chi connectivity index (χ0v) is 9.50. The van der Waals surface area contributed by atoms with Crippen molar-refractivity contribution in [3.05, 3.63) is 34.5 Å². The lowest BCUT2D eigenvalue weighted by Gasteiger charge is -2.03. The Morgan fingerprint density at radius 1 is 1.53 bits per heavy atom. The van der Waals surface area contributed by atoms with Crippen LogP contribution in [0.25, 0.3) is 0 Å². The Hall–Kier alpha value is -1.20. The fraction of sp³-hybridized carbons (Fsp3) is 0.400. The van der Waals surface area contributed by atoms with E-state index in [1.54, 1.807) is 17.5 Å². The Labute approximate surface area is 93.0 Å². The molecule has 5 heteroatoms. The summed E-state index contributed by atoms with van der Waals surface area (Å²) in [6.07, 6.45) is 3.77. The van der Waals surface area contributed by atoms with E-state index in [0.29, 0.717) is 0 Å². The van der Waals surface area contributed by atoms with Gasteiger partial charge in [-0.25, -0.2) is 4.98 Å². The van der Waals surface area contributed by atoms with E-state index in [1.807, 2.05) is 29.4 Å². The average Bonchev–Trinajstić information content (AvgIpc) is 2.85. The van der Waals surface area contributed by atoms with Crippen LogP contribution >= 0.6 is 11.3 Å². The third kappa shape index (κ3) is 2.87. The van der Waals surface area contributed by atoms with Gasteiger partial charge in [-0.2, -0.15) is 5.10 Å². The van der Waals surface area contributed by atoms with Gasteiger partial charge in [-0.1, -0.05) is 0 Å². The molecule has 2 heterocycles. The zero-order valence-electron chi connectivity index (χ0n) is 8.68. The van der Waals surface area contributed by atoms with Gasteiger partial charge >= 0.3 is 0 Å². The number of hydrogen-bond acceptors (Lipinski definition) is 4. The van der Waals surface area contributed by atoms with Crippen LogP contribution in [0.3, 0.4) is 0 Å². The summed E-state index contributed by atoms with van der Waals surface area (Å²) in [4.78, 5) is 5.52. The number of hydrogen-bond donors (Lipinski definition) is 1. The number of aromatic nitrogens is 3. The molecule has 0 bridgehead atoms. The van der Waals surface area contributed by atoms with E-state index in [0.717, 1.165) is 25.3 Å². The smallest absolute Gasteiger partial charge is 0.0798 e. The van der Waals surface area contributed by atoms with Crippen molar-refractivity contribution in [1.82, 2.24) is 20.1 Å². The lowest BCUT2D eigenvalue weighted by atomic mass is 10.4. The Kier molecular flexibility index (Phi) is 3.47. The van der Waals surface area contributed by atoms with E-state index in [-0.39, 0.29) is 0 Å². The van der Waals surface area contributed by atoms with E-state index >= 15 is 0 Å². The van der Waals surface area contributed by atoms with Crippen LogP contribution in [0.5, 0.6) is 0 Å². The molecule has 0 fully saturated rings. The maximum atomic E-state index is 4.21. The van der Waals surface area contributed by atoms with E-state index in [9.17, 15) is 0 Å². The van der Waals surface area contributed by atoms with Crippen LogP contribution in [-0.4, -0.2) is 21.3 Å². The topological polar surface area (TPSA) is 42.7 Å². The molecule has 0 atom stereocenters. The van der Waals surface area contributed by atoms with Gasteiger partial charge in [0.05, 0.1) is 17.7 Å². The van der Waals surface area contributed by atoms with E-state index in [1.165, 1.54) is 4.88 Å². The molecule has 2 rings (SSSR count). The fourth-order valence-corrected chi connectivity index (χ4v) is 2.07. The number of rotatable bonds is 5. The second-order valence-corrected chi connectivity index (χ2v) is 4.25. The van der Waals surface area contributed by atoms with E-state index in [4.69, 9.17) is 0 Å². The molecule has 0 aliphatic heterocycles. The normalized spacial score (nSPS) is 10.7. The largest absolute Gasteiger partial charge is 0.310 e. The molecule has 0 amide bonds. The molecule has 2 aromatic rings. The predicted octanol–water partition coefficient (Wildman–Crippen LogP) is 1.44.